The summed E-state index contributed by atoms with van der Waals surface area (Å²) in [6, 6.07) is 37.5. The predicted molar refractivity (Wildman–Crippen MR) is 126 cm³/mol. The van der Waals surface area contributed by atoms with E-state index in [1.165, 1.54) is 16.7 Å². The fourth-order valence-electron chi connectivity index (χ4n) is 3.62. The second kappa shape index (κ2) is 8.33. The molecule has 1 heterocycles. The molecule has 0 aliphatic carbocycles. The van der Waals surface area contributed by atoms with Gasteiger partial charge < -0.3 is 0 Å². The maximum Gasteiger partial charge on any atom is 0.163 e. The summed E-state index contributed by atoms with van der Waals surface area (Å²) in [5, 5.41) is 0. The van der Waals surface area contributed by atoms with Gasteiger partial charge in [0, 0.05) is 11.1 Å². The SMILES string of the molecule is Cc1nc(-c2ccccc2)nc(-c2ccc(-c3ccc(-c4ccccc4)cc3)cc2)n1. The molecule has 1 aromatic heterocycles. The van der Waals surface area contributed by atoms with E-state index in [1.807, 2.05) is 43.3 Å². The third-order valence-corrected chi connectivity index (χ3v) is 5.25. The molecule has 5 aromatic rings. The average Bonchev–Trinajstić information content (AvgIpc) is 2.85. The second-order valence-electron chi connectivity index (χ2n) is 7.42. The van der Waals surface area contributed by atoms with E-state index in [9.17, 15) is 0 Å². The lowest BCUT2D eigenvalue weighted by Gasteiger charge is -2.08. The van der Waals surface area contributed by atoms with E-state index in [-0.39, 0.29) is 0 Å². The maximum atomic E-state index is 4.70. The van der Waals surface area contributed by atoms with E-state index in [1.54, 1.807) is 0 Å². The number of hydrogen-bond donors (Lipinski definition) is 0. The van der Waals surface area contributed by atoms with Gasteiger partial charge in [0.05, 0.1) is 0 Å². The Labute approximate surface area is 182 Å². The molecule has 4 aromatic carbocycles. The van der Waals surface area contributed by atoms with Crippen molar-refractivity contribution in [1.82, 2.24) is 15.0 Å². The molecule has 3 heteroatoms. The molecule has 0 bridgehead atoms. The first-order chi connectivity index (χ1) is 15.3. The first-order valence-electron chi connectivity index (χ1n) is 10.3. The van der Waals surface area contributed by atoms with E-state index < -0.39 is 0 Å². The molecule has 0 radical (unpaired) electrons. The minimum absolute atomic E-state index is 0.692. The third-order valence-electron chi connectivity index (χ3n) is 5.25. The van der Waals surface area contributed by atoms with Crippen LogP contribution in [-0.4, -0.2) is 15.0 Å². The molecule has 0 saturated heterocycles. The molecule has 0 aliphatic rings. The number of hydrogen-bond acceptors (Lipinski definition) is 3. The Bertz CT molecular complexity index is 1290. The van der Waals surface area contributed by atoms with Crippen LogP contribution >= 0.6 is 0 Å². The van der Waals surface area contributed by atoms with E-state index in [0.717, 1.165) is 16.7 Å². The highest BCUT2D eigenvalue weighted by molar-refractivity contribution is 5.72. The Morgan fingerprint density at radius 2 is 0.677 bits per heavy atom. The van der Waals surface area contributed by atoms with Crippen LogP contribution in [0.15, 0.2) is 109 Å². The zero-order chi connectivity index (χ0) is 21.0. The Morgan fingerprint density at radius 3 is 1.13 bits per heavy atom. The van der Waals surface area contributed by atoms with E-state index >= 15 is 0 Å². The minimum atomic E-state index is 0.692. The normalized spacial score (nSPS) is 10.7. The van der Waals surface area contributed by atoms with Crippen LogP contribution in [0.25, 0.3) is 45.0 Å². The smallest absolute Gasteiger partial charge is 0.163 e. The van der Waals surface area contributed by atoms with Crippen molar-refractivity contribution in [2.45, 2.75) is 6.92 Å². The van der Waals surface area contributed by atoms with Gasteiger partial charge in [-0.3, -0.25) is 0 Å². The Morgan fingerprint density at radius 1 is 0.355 bits per heavy atom. The summed E-state index contributed by atoms with van der Waals surface area (Å²) in [5.74, 6) is 2.10. The molecule has 3 nitrogen and oxygen atoms in total. The number of nitrogens with zero attached hydrogens (tertiary/aromatic N) is 3. The van der Waals surface area contributed by atoms with Gasteiger partial charge in [-0.05, 0) is 29.2 Å². The lowest BCUT2D eigenvalue weighted by Crippen LogP contribution is -1.99. The van der Waals surface area contributed by atoms with Crippen molar-refractivity contribution in [2.24, 2.45) is 0 Å². The molecule has 31 heavy (non-hydrogen) atoms. The van der Waals surface area contributed by atoms with Crippen molar-refractivity contribution in [2.75, 3.05) is 0 Å². The van der Waals surface area contributed by atoms with Gasteiger partial charge in [-0.2, -0.15) is 0 Å². The van der Waals surface area contributed by atoms with E-state index in [4.69, 9.17) is 4.98 Å². The Kier molecular flexibility index (Phi) is 5.07. The average molecular weight is 399 g/mol. The van der Waals surface area contributed by atoms with Crippen molar-refractivity contribution >= 4 is 0 Å². The summed E-state index contributed by atoms with van der Waals surface area (Å²) in [6.07, 6.45) is 0. The molecule has 0 spiro atoms. The number of rotatable bonds is 4. The van der Waals surface area contributed by atoms with E-state index in [2.05, 4.69) is 82.8 Å². The van der Waals surface area contributed by atoms with Crippen LogP contribution in [0.4, 0.5) is 0 Å². The van der Waals surface area contributed by atoms with Crippen molar-refractivity contribution in [1.29, 1.82) is 0 Å². The summed E-state index contributed by atoms with van der Waals surface area (Å²) < 4.78 is 0. The maximum absolute atomic E-state index is 4.70. The first kappa shape index (κ1) is 18.9. The molecule has 0 amide bonds. The van der Waals surface area contributed by atoms with Crippen LogP contribution in [0.3, 0.4) is 0 Å². The number of benzene rings is 4. The van der Waals surface area contributed by atoms with Crippen molar-refractivity contribution in [3.8, 4) is 45.0 Å². The van der Waals surface area contributed by atoms with Gasteiger partial charge >= 0.3 is 0 Å². The quantitative estimate of drug-likeness (QED) is 0.332. The van der Waals surface area contributed by atoms with Gasteiger partial charge in [-0.1, -0.05) is 109 Å². The summed E-state index contributed by atoms with van der Waals surface area (Å²) in [4.78, 5) is 13.8. The van der Waals surface area contributed by atoms with Gasteiger partial charge in [0.15, 0.2) is 11.6 Å². The molecular weight excluding hydrogens is 378 g/mol. The highest BCUT2D eigenvalue weighted by Crippen LogP contribution is 2.27. The summed E-state index contributed by atoms with van der Waals surface area (Å²) in [5.41, 5.74) is 6.76. The van der Waals surface area contributed by atoms with Gasteiger partial charge in [0.25, 0.3) is 0 Å². The predicted octanol–water partition coefficient (Wildman–Crippen LogP) is 6.85. The third kappa shape index (κ3) is 4.12. The Balaban J connectivity index is 1.42. The molecule has 0 aliphatic heterocycles. The van der Waals surface area contributed by atoms with Gasteiger partial charge in [0.2, 0.25) is 0 Å². The van der Waals surface area contributed by atoms with Crippen LogP contribution in [0, 0.1) is 6.92 Å². The van der Waals surface area contributed by atoms with Crippen LogP contribution in [0.5, 0.6) is 0 Å². The number of aryl methyl sites for hydroxylation is 1. The fourth-order valence-corrected chi connectivity index (χ4v) is 3.62. The lowest BCUT2D eigenvalue weighted by atomic mass is 9.99. The standard InChI is InChI=1S/C28H21N3/c1-20-29-27(25-10-6-3-7-11-25)31-28(30-20)26-18-16-24(17-19-26)23-14-12-22(13-15-23)21-8-4-2-5-9-21/h2-19H,1H3. The van der Waals surface area contributed by atoms with Crippen LogP contribution in [0.2, 0.25) is 0 Å². The zero-order valence-electron chi connectivity index (χ0n) is 17.2. The van der Waals surface area contributed by atoms with Crippen LogP contribution in [0.1, 0.15) is 5.82 Å². The van der Waals surface area contributed by atoms with Crippen LogP contribution < -0.4 is 0 Å². The molecule has 0 saturated carbocycles. The fraction of sp³-hybridized carbons (Fsp3) is 0.0357. The molecule has 0 fully saturated rings. The van der Waals surface area contributed by atoms with Gasteiger partial charge in [-0.15, -0.1) is 0 Å². The van der Waals surface area contributed by atoms with Crippen LogP contribution in [-0.2, 0) is 0 Å². The highest BCUT2D eigenvalue weighted by Gasteiger charge is 2.09. The van der Waals surface area contributed by atoms with Crippen molar-refractivity contribution in [3.63, 3.8) is 0 Å². The van der Waals surface area contributed by atoms with Gasteiger partial charge in [-0.25, -0.2) is 15.0 Å². The van der Waals surface area contributed by atoms with Crippen molar-refractivity contribution in [3.05, 3.63) is 115 Å². The topological polar surface area (TPSA) is 38.7 Å². The molecule has 148 valence electrons. The lowest BCUT2D eigenvalue weighted by molar-refractivity contribution is 0.992. The largest absolute Gasteiger partial charge is 0.213 e. The first-order valence-corrected chi connectivity index (χ1v) is 10.3. The summed E-state index contributed by atoms with van der Waals surface area (Å²) >= 11 is 0. The molecular formula is C28H21N3. The molecule has 5 rings (SSSR count). The second-order valence-corrected chi connectivity index (χ2v) is 7.42. The van der Waals surface area contributed by atoms with E-state index in [0.29, 0.717) is 17.5 Å². The zero-order valence-corrected chi connectivity index (χ0v) is 17.2. The van der Waals surface area contributed by atoms with Crippen molar-refractivity contribution < 1.29 is 0 Å². The van der Waals surface area contributed by atoms with Gasteiger partial charge in [0.1, 0.15) is 5.82 Å². The number of aromatic nitrogens is 3. The monoisotopic (exact) mass is 399 g/mol. The molecule has 0 N–H and O–H groups in total. The molecule has 0 atom stereocenters. The summed E-state index contributed by atoms with van der Waals surface area (Å²) in [7, 11) is 0. The summed E-state index contributed by atoms with van der Waals surface area (Å²) in [6.45, 7) is 1.90. The molecule has 0 unspecified atom stereocenters. The minimum Gasteiger partial charge on any atom is -0.213 e. The Hall–Kier alpha value is -4.11. The highest BCUT2D eigenvalue weighted by atomic mass is 15.0.